The fraction of sp³-hybridized carbons (Fsp3) is 0.429. The third kappa shape index (κ3) is 5.25. The van der Waals surface area contributed by atoms with E-state index in [2.05, 4.69) is 30.4 Å². The van der Waals surface area contributed by atoms with Gasteiger partial charge in [0.2, 0.25) is 0 Å². The van der Waals surface area contributed by atoms with Gasteiger partial charge in [0.15, 0.2) is 17.5 Å². The van der Waals surface area contributed by atoms with Crippen molar-refractivity contribution in [1.82, 2.24) is 5.32 Å². The first-order chi connectivity index (χ1) is 16.0. The molecule has 1 fully saturated rings. The predicted molar refractivity (Wildman–Crippen MR) is 126 cm³/mol. The number of halogens is 3. The van der Waals surface area contributed by atoms with E-state index < -0.39 is 23.6 Å². The van der Waals surface area contributed by atoms with Crippen LogP contribution in [-0.4, -0.2) is 11.7 Å². The van der Waals surface area contributed by atoms with Crippen LogP contribution in [0.4, 0.5) is 13.2 Å². The molecule has 4 atom stereocenters. The first kappa shape index (κ1) is 23.8. The summed E-state index contributed by atoms with van der Waals surface area (Å²) in [7, 11) is 0. The summed E-state index contributed by atoms with van der Waals surface area (Å²) in [6.45, 7) is 2.99. The lowest BCUT2D eigenvalue weighted by atomic mass is 9.71. The van der Waals surface area contributed by atoms with Crippen molar-refractivity contribution in [3.05, 3.63) is 83.2 Å². The van der Waals surface area contributed by atoms with Gasteiger partial charge in [0.1, 0.15) is 0 Å². The molecule has 4 rings (SSSR count). The lowest BCUT2D eigenvalue weighted by molar-refractivity contribution is 0.0559. The van der Waals surface area contributed by atoms with Crippen molar-refractivity contribution in [3.63, 3.8) is 0 Å². The van der Waals surface area contributed by atoms with E-state index in [1.54, 1.807) is 0 Å². The molecule has 1 aliphatic rings. The Morgan fingerprint density at radius 2 is 1.70 bits per heavy atom. The summed E-state index contributed by atoms with van der Waals surface area (Å²) in [5.41, 5.74) is 1.13. The Kier molecular flexibility index (Phi) is 7.71. The van der Waals surface area contributed by atoms with Gasteiger partial charge in [0.05, 0.1) is 6.10 Å². The maximum absolute atomic E-state index is 14.0. The Morgan fingerprint density at radius 3 is 2.52 bits per heavy atom. The highest BCUT2D eigenvalue weighted by atomic mass is 19.2. The van der Waals surface area contributed by atoms with Gasteiger partial charge in [0, 0.05) is 12.1 Å². The summed E-state index contributed by atoms with van der Waals surface area (Å²) in [5.74, 6) is -2.67. The second kappa shape index (κ2) is 10.7. The molecule has 176 valence electrons. The van der Waals surface area contributed by atoms with Gasteiger partial charge in [-0.05, 0) is 59.5 Å². The molecular weight excluding hydrogens is 423 g/mol. The minimum Gasteiger partial charge on any atom is -0.388 e. The van der Waals surface area contributed by atoms with Crippen LogP contribution in [0.2, 0.25) is 0 Å². The van der Waals surface area contributed by atoms with Gasteiger partial charge < -0.3 is 10.4 Å². The van der Waals surface area contributed by atoms with E-state index in [0.29, 0.717) is 18.4 Å². The van der Waals surface area contributed by atoms with Crippen molar-refractivity contribution in [2.24, 2.45) is 17.8 Å². The number of hydrogen-bond acceptors (Lipinski definition) is 2. The normalized spacial score (nSPS) is 20.6. The van der Waals surface area contributed by atoms with Crippen molar-refractivity contribution < 1.29 is 18.3 Å². The molecule has 5 heteroatoms. The van der Waals surface area contributed by atoms with Crippen LogP contribution in [0.25, 0.3) is 10.8 Å². The molecule has 1 saturated carbocycles. The smallest absolute Gasteiger partial charge is 0.194 e. The maximum atomic E-state index is 14.0. The summed E-state index contributed by atoms with van der Waals surface area (Å²) in [4.78, 5) is 0. The van der Waals surface area contributed by atoms with Gasteiger partial charge in [-0.3, -0.25) is 0 Å². The summed E-state index contributed by atoms with van der Waals surface area (Å²) in [6, 6.07) is 16.5. The van der Waals surface area contributed by atoms with Crippen molar-refractivity contribution in [2.45, 2.75) is 51.7 Å². The molecule has 1 aliphatic carbocycles. The third-order valence-electron chi connectivity index (χ3n) is 7.37. The van der Waals surface area contributed by atoms with Crippen LogP contribution < -0.4 is 5.32 Å². The summed E-state index contributed by atoms with van der Waals surface area (Å²) >= 11 is 0. The minimum absolute atomic E-state index is 0.136. The number of hydrogen-bond donors (Lipinski definition) is 2. The lowest BCUT2D eigenvalue weighted by Crippen LogP contribution is -2.32. The molecule has 4 unspecified atom stereocenters. The van der Waals surface area contributed by atoms with E-state index in [1.807, 2.05) is 24.3 Å². The number of aliphatic hydroxyl groups excluding tert-OH is 1. The number of rotatable bonds is 8. The van der Waals surface area contributed by atoms with Crippen molar-refractivity contribution in [3.8, 4) is 0 Å². The van der Waals surface area contributed by atoms with Crippen LogP contribution in [0.3, 0.4) is 0 Å². The van der Waals surface area contributed by atoms with Crippen molar-refractivity contribution in [2.75, 3.05) is 6.54 Å². The topological polar surface area (TPSA) is 32.3 Å². The first-order valence-electron chi connectivity index (χ1n) is 12.0. The fourth-order valence-corrected chi connectivity index (χ4v) is 5.48. The lowest BCUT2D eigenvalue weighted by Gasteiger charge is -2.37. The zero-order chi connectivity index (χ0) is 23.4. The van der Waals surface area contributed by atoms with Gasteiger partial charge in [-0.2, -0.15) is 0 Å². The van der Waals surface area contributed by atoms with E-state index in [0.717, 1.165) is 54.5 Å². The summed E-state index contributed by atoms with van der Waals surface area (Å²) in [5, 5.41) is 16.8. The van der Waals surface area contributed by atoms with Crippen LogP contribution in [-0.2, 0) is 6.54 Å². The second-order valence-electron chi connectivity index (χ2n) is 9.33. The number of fused-ring (bicyclic) bond motifs is 1. The highest BCUT2D eigenvalue weighted by Crippen LogP contribution is 2.42. The molecule has 0 aromatic heterocycles. The molecule has 0 radical (unpaired) electrons. The molecule has 0 amide bonds. The minimum atomic E-state index is -1.42. The van der Waals surface area contributed by atoms with E-state index >= 15 is 0 Å². The van der Waals surface area contributed by atoms with E-state index in [4.69, 9.17) is 0 Å². The predicted octanol–water partition coefficient (Wildman–Crippen LogP) is 6.91. The standard InChI is InChI=1S/C28H32F3NO/c1-2-18(16-32-17-22-13-14-25(29)27(31)26(22)30)20-9-5-10-21(15-20)28(33)24-12-6-8-19-7-3-4-11-23(19)24/h3-4,6-8,11-14,18,20-21,28,32-33H,2,5,9-10,15-17H2,1H3. The Bertz CT molecular complexity index is 1080. The number of aliphatic hydroxyl groups is 1. The highest BCUT2D eigenvalue weighted by Gasteiger charge is 2.32. The molecule has 0 saturated heterocycles. The molecule has 3 aromatic rings. The van der Waals surface area contributed by atoms with Gasteiger partial charge in [-0.1, -0.05) is 74.7 Å². The molecule has 0 heterocycles. The van der Waals surface area contributed by atoms with Gasteiger partial charge >= 0.3 is 0 Å². The number of nitrogens with one attached hydrogen (secondary N) is 1. The van der Waals surface area contributed by atoms with Gasteiger partial charge in [0.25, 0.3) is 0 Å². The maximum Gasteiger partial charge on any atom is 0.194 e. The highest BCUT2D eigenvalue weighted by molar-refractivity contribution is 5.86. The Balaban J connectivity index is 1.40. The van der Waals surface area contributed by atoms with E-state index in [9.17, 15) is 18.3 Å². The summed E-state index contributed by atoms with van der Waals surface area (Å²) < 4.78 is 40.6. The van der Waals surface area contributed by atoms with Crippen LogP contribution in [0, 0.1) is 35.2 Å². The Labute approximate surface area is 193 Å². The second-order valence-corrected chi connectivity index (χ2v) is 9.33. The van der Waals surface area contributed by atoms with Crippen molar-refractivity contribution in [1.29, 1.82) is 0 Å². The molecule has 0 spiro atoms. The average molecular weight is 456 g/mol. The van der Waals surface area contributed by atoms with E-state index in [1.165, 1.54) is 6.07 Å². The zero-order valence-electron chi connectivity index (χ0n) is 19.0. The zero-order valence-corrected chi connectivity index (χ0v) is 19.0. The average Bonchev–Trinajstić information content (AvgIpc) is 2.85. The van der Waals surface area contributed by atoms with Crippen LogP contribution >= 0.6 is 0 Å². The van der Waals surface area contributed by atoms with Gasteiger partial charge in [-0.25, -0.2) is 13.2 Å². The molecular formula is C28H32F3NO. The molecule has 33 heavy (non-hydrogen) atoms. The Hall–Kier alpha value is -2.37. The monoisotopic (exact) mass is 455 g/mol. The number of benzene rings is 3. The molecule has 2 N–H and O–H groups in total. The molecule has 0 bridgehead atoms. The summed E-state index contributed by atoms with van der Waals surface area (Å²) in [6.07, 6.45) is 4.61. The Morgan fingerprint density at radius 1 is 0.939 bits per heavy atom. The third-order valence-corrected chi connectivity index (χ3v) is 7.37. The van der Waals surface area contributed by atoms with Gasteiger partial charge in [-0.15, -0.1) is 0 Å². The SMILES string of the molecule is CCC(CNCc1ccc(F)c(F)c1F)C1CCCC(C(O)c2cccc3ccccc23)C1. The first-order valence-corrected chi connectivity index (χ1v) is 12.0. The molecule has 3 aromatic carbocycles. The van der Waals surface area contributed by atoms with Crippen LogP contribution in [0.5, 0.6) is 0 Å². The van der Waals surface area contributed by atoms with E-state index in [-0.39, 0.29) is 18.0 Å². The van der Waals surface area contributed by atoms with Crippen LogP contribution in [0.1, 0.15) is 56.3 Å². The van der Waals surface area contributed by atoms with Crippen molar-refractivity contribution >= 4 is 10.8 Å². The van der Waals surface area contributed by atoms with Crippen LogP contribution in [0.15, 0.2) is 54.6 Å². The molecule has 2 nitrogen and oxygen atoms in total. The fourth-order valence-electron chi connectivity index (χ4n) is 5.48. The largest absolute Gasteiger partial charge is 0.388 e. The quantitative estimate of drug-likeness (QED) is 0.362. The molecule has 0 aliphatic heterocycles.